The van der Waals surface area contributed by atoms with Crippen LogP contribution in [0.3, 0.4) is 0 Å². The fraction of sp³-hybridized carbons (Fsp3) is 0.250. The summed E-state index contributed by atoms with van der Waals surface area (Å²) in [6, 6.07) is 13.4. The molecule has 7 heteroatoms. The number of amides is 1. The molecular formula is C20H19N3O4. The molecule has 0 bridgehead atoms. The van der Waals surface area contributed by atoms with Gasteiger partial charge in [0.1, 0.15) is 11.8 Å². The molecule has 0 aliphatic carbocycles. The molecule has 0 unspecified atom stereocenters. The fourth-order valence-corrected chi connectivity index (χ4v) is 3.42. The second kappa shape index (κ2) is 6.51. The summed E-state index contributed by atoms with van der Waals surface area (Å²) < 4.78 is 6.43. The number of aliphatic hydroxyl groups is 1. The van der Waals surface area contributed by atoms with Gasteiger partial charge in [0, 0.05) is 6.54 Å². The van der Waals surface area contributed by atoms with Crippen LogP contribution in [0, 0.1) is 0 Å². The summed E-state index contributed by atoms with van der Waals surface area (Å²) in [6.45, 7) is 1.85. The van der Waals surface area contributed by atoms with E-state index in [4.69, 9.17) is 4.74 Å². The predicted molar refractivity (Wildman–Crippen MR) is 99.2 cm³/mol. The molecule has 2 heterocycles. The van der Waals surface area contributed by atoms with Gasteiger partial charge in [-0.15, -0.1) is 0 Å². The van der Waals surface area contributed by atoms with E-state index in [0.29, 0.717) is 16.7 Å². The lowest BCUT2D eigenvalue weighted by Gasteiger charge is -2.37. The van der Waals surface area contributed by atoms with Crippen LogP contribution in [0.25, 0.3) is 10.9 Å². The number of aliphatic hydroxyl groups excluding tert-OH is 1. The number of fused-ring (bicyclic) bond motifs is 2. The van der Waals surface area contributed by atoms with Crippen LogP contribution in [0.15, 0.2) is 53.3 Å². The number of hydrogen-bond donors (Lipinski definition) is 1. The van der Waals surface area contributed by atoms with Gasteiger partial charge in [0.25, 0.3) is 5.56 Å². The summed E-state index contributed by atoms with van der Waals surface area (Å²) in [6.07, 6.45) is -1.30. The average molecular weight is 365 g/mol. The van der Waals surface area contributed by atoms with E-state index in [9.17, 15) is 14.7 Å². The Morgan fingerprint density at radius 1 is 1.11 bits per heavy atom. The van der Waals surface area contributed by atoms with E-state index in [1.165, 1.54) is 9.47 Å². The third-order valence-electron chi connectivity index (χ3n) is 4.90. The fourth-order valence-electron chi connectivity index (χ4n) is 3.42. The Morgan fingerprint density at radius 2 is 1.81 bits per heavy atom. The molecule has 0 spiro atoms. The minimum absolute atomic E-state index is 0.180. The van der Waals surface area contributed by atoms with Crippen molar-refractivity contribution >= 4 is 16.8 Å². The minimum atomic E-state index is -1.30. The molecule has 0 saturated heterocycles. The number of ether oxygens (including phenoxy) is 1. The first-order valence-corrected chi connectivity index (χ1v) is 8.64. The number of rotatable bonds is 3. The second-order valence-corrected chi connectivity index (χ2v) is 6.53. The topological polar surface area (TPSA) is 84.7 Å². The first-order valence-electron chi connectivity index (χ1n) is 8.64. The molecule has 2 aromatic carbocycles. The van der Waals surface area contributed by atoms with Gasteiger partial charge in [-0.25, -0.2) is 4.98 Å². The van der Waals surface area contributed by atoms with Gasteiger partial charge in [0.15, 0.2) is 12.1 Å². The molecule has 1 aliphatic rings. The van der Waals surface area contributed by atoms with Crippen LogP contribution in [-0.4, -0.2) is 32.6 Å². The number of nitrogens with zero attached hydrogens (tertiary/aromatic N) is 3. The van der Waals surface area contributed by atoms with Crippen LogP contribution in [0.4, 0.5) is 0 Å². The Hall–Kier alpha value is -3.19. The largest absolute Gasteiger partial charge is 0.497 e. The molecule has 1 N–H and O–H groups in total. The molecule has 0 saturated carbocycles. The van der Waals surface area contributed by atoms with Crippen LogP contribution >= 0.6 is 0 Å². The minimum Gasteiger partial charge on any atom is -0.497 e. The molecule has 1 aliphatic heterocycles. The maximum Gasteiger partial charge on any atom is 0.262 e. The zero-order valence-electron chi connectivity index (χ0n) is 15.0. The number of aromatic nitrogens is 2. The van der Waals surface area contributed by atoms with Gasteiger partial charge in [-0.2, -0.15) is 0 Å². The molecule has 2 atom stereocenters. The van der Waals surface area contributed by atoms with Crippen LogP contribution in [0.1, 0.15) is 30.6 Å². The lowest BCUT2D eigenvalue weighted by Crippen LogP contribution is -2.48. The maximum atomic E-state index is 12.9. The van der Waals surface area contributed by atoms with E-state index < -0.39 is 12.3 Å². The summed E-state index contributed by atoms with van der Waals surface area (Å²) >= 11 is 0. The summed E-state index contributed by atoms with van der Waals surface area (Å²) in [4.78, 5) is 31.5. The number of carbonyl (C=O) groups is 1. The van der Waals surface area contributed by atoms with Gasteiger partial charge >= 0.3 is 0 Å². The Bertz CT molecular complexity index is 1070. The molecule has 3 aromatic rings. The van der Waals surface area contributed by atoms with Crippen molar-refractivity contribution in [1.82, 2.24) is 14.5 Å². The van der Waals surface area contributed by atoms with Gasteiger partial charge in [0.05, 0.1) is 18.0 Å². The number of para-hydroxylation sites is 1. The van der Waals surface area contributed by atoms with Gasteiger partial charge in [-0.05, 0) is 36.8 Å². The SMILES string of the molecule is COc1ccc(CN2C(=O)[C@H](C)n3c(nc4ccccc4c3=O)[C@@H]2O)cc1. The van der Waals surface area contributed by atoms with Crippen molar-refractivity contribution in [2.75, 3.05) is 7.11 Å². The monoisotopic (exact) mass is 365 g/mol. The number of hydrogen-bond acceptors (Lipinski definition) is 5. The maximum absolute atomic E-state index is 12.9. The lowest BCUT2D eigenvalue weighted by molar-refractivity contribution is -0.151. The van der Waals surface area contributed by atoms with Gasteiger partial charge < -0.3 is 14.7 Å². The Kier molecular flexibility index (Phi) is 4.16. The van der Waals surface area contributed by atoms with Crippen molar-refractivity contribution in [3.8, 4) is 5.75 Å². The zero-order chi connectivity index (χ0) is 19.1. The van der Waals surface area contributed by atoms with Crippen molar-refractivity contribution in [2.45, 2.75) is 25.7 Å². The van der Waals surface area contributed by atoms with Crippen molar-refractivity contribution in [3.63, 3.8) is 0 Å². The Balaban J connectivity index is 1.77. The molecule has 4 rings (SSSR count). The third kappa shape index (κ3) is 2.76. The standard InChI is InChI=1S/C20H19N3O4/c1-12-18(24)22(11-13-7-9-14(27-2)10-8-13)20(26)17-21-16-6-4-3-5-15(16)19(25)23(12)17/h3-10,12,20,26H,11H2,1-2H3/t12-,20-/m0/s1. The summed E-state index contributed by atoms with van der Waals surface area (Å²) in [7, 11) is 1.58. The van der Waals surface area contributed by atoms with Crippen LogP contribution < -0.4 is 10.3 Å². The molecule has 27 heavy (non-hydrogen) atoms. The zero-order valence-corrected chi connectivity index (χ0v) is 15.0. The molecule has 1 amide bonds. The smallest absolute Gasteiger partial charge is 0.262 e. The second-order valence-electron chi connectivity index (χ2n) is 6.53. The van der Waals surface area contributed by atoms with E-state index in [-0.39, 0.29) is 23.8 Å². The van der Waals surface area contributed by atoms with Crippen LogP contribution in [0.2, 0.25) is 0 Å². The molecule has 1 aromatic heterocycles. The molecular weight excluding hydrogens is 346 g/mol. The Morgan fingerprint density at radius 3 is 2.52 bits per heavy atom. The first-order chi connectivity index (χ1) is 13.0. The third-order valence-corrected chi connectivity index (χ3v) is 4.90. The van der Waals surface area contributed by atoms with Crippen LogP contribution in [0.5, 0.6) is 5.75 Å². The molecule has 0 radical (unpaired) electrons. The summed E-state index contributed by atoms with van der Waals surface area (Å²) in [5, 5.41) is 11.2. The Labute approximate surface area is 155 Å². The normalized spacial score (nSPS) is 19.2. The van der Waals surface area contributed by atoms with Gasteiger partial charge in [0.2, 0.25) is 5.91 Å². The molecule has 0 fully saturated rings. The van der Waals surface area contributed by atoms with Crippen molar-refractivity contribution in [2.24, 2.45) is 0 Å². The lowest BCUT2D eigenvalue weighted by atomic mass is 10.1. The van der Waals surface area contributed by atoms with E-state index in [1.54, 1.807) is 50.4 Å². The van der Waals surface area contributed by atoms with Crippen molar-refractivity contribution < 1.29 is 14.6 Å². The highest BCUT2D eigenvalue weighted by molar-refractivity contribution is 5.83. The van der Waals surface area contributed by atoms with Crippen molar-refractivity contribution in [1.29, 1.82) is 0 Å². The van der Waals surface area contributed by atoms with E-state index >= 15 is 0 Å². The number of carbonyl (C=O) groups excluding carboxylic acids is 1. The average Bonchev–Trinajstić information content (AvgIpc) is 2.70. The summed E-state index contributed by atoms with van der Waals surface area (Å²) in [5.74, 6) is 0.562. The first kappa shape index (κ1) is 17.2. The highest BCUT2D eigenvalue weighted by Crippen LogP contribution is 2.30. The van der Waals surface area contributed by atoms with Crippen LogP contribution in [-0.2, 0) is 11.3 Å². The quantitative estimate of drug-likeness (QED) is 0.767. The van der Waals surface area contributed by atoms with Gasteiger partial charge in [-0.1, -0.05) is 24.3 Å². The number of benzene rings is 2. The summed E-state index contributed by atoms with van der Waals surface area (Å²) in [5.41, 5.74) is 1.02. The highest BCUT2D eigenvalue weighted by atomic mass is 16.5. The van der Waals surface area contributed by atoms with E-state index in [1.807, 2.05) is 12.1 Å². The van der Waals surface area contributed by atoms with E-state index in [0.717, 1.165) is 5.56 Å². The van der Waals surface area contributed by atoms with Crippen molar-refractivity contribution in [3.05, 3.63) is 70.3 Å². The number of methoxy groups -OCH3 is 1. The predicted octanol–water partition coefficient (Wildman–Crippen LogP) is 2.00. The molecule has 7 nitrogen and oxygen atoms in total. The van der Waals surface area contributed by atoms with Gasteiger partial charge in [-0.3, -0.25) is 14.2 Å². The highest BCUT2D eigenvalue weighted by Gasteiger charge is 2.38. The molecule has 138 valence electrons. The van der Waals surface area contributed by atoms with E-state index in [2.05, 4.69) is 4.98 Å².